The predicted molar refractivity (Wildman–Crippen MR) is 81.8 cm³/mol. The van der Waals surface area contributed by atoms with E-state index in [1.54, 1.807) is 30.3 Å². The molecule has 0 aromatic heterocycles. The predicted octanol–water partition coefficient (Wildman–Crippen LogP) is 1.42. The SMILES string of the molecule is O=C(CN(C(=O)[C@@H]1CCCC[C@H]1C(=O)O)c1ccccc1)NO. The lowest BCUT2D eigenvalue weighted by Crippen LogP contribution is -2.46. The highest BCUT2D eigenvalue weighted by Crippen LogP contribution is 2.33. The van der Waals surface area contributed by atoms with Crippen molar-refractivity contribution in [3.8, 4) is 0 Å². The zero-order chi connectivity index (χ0) is 16.8. The number of amides is 2. The molecule has 1 aromatic carbocycles. The summed E-state index contributed by atoms with van der Waals surface area (Å²) in [5.74, 6) is -3.51. The molecule has 2 amide bonds. The van der Waals surface area contributed by atoms with Crippen molar-refractivity contribution in [2.24, 2.45) is 11.8 Å². The Bertz CT molecular complexity index is 575. The van der Waals surface area contributed by atoms with Gasteiger partial charge in [-0.25, -0.2) is 5.48 Å². The summed E-state index contributed by atoms with van der Waals surface area (Å²) in [7, 11) is 0. The number of hydrogen-bond acceptors (Lipinski definition) is 4. The van der Waals surface area contributed by atoms with Gasteiger partial charge in [-0.1, -0.05) is 31.0 Å². The van der Waals surface area contributed by atoms with E-state index in [1.165, 1.54) is 10.4 Å². The Kier molecular flexibility index (Phi) is 5.70. The number of para-hydroxylation sites is 1. The van der Waals surface area contributed by atoms with Gasteiger partial charge in [-0.2, -0.15) is 0 Å². The molecule has 0 aliphatic heterocycles. The zero-order valence-corrected chi connectivity index (χ0v) is 12.6. The average Bonchev–Trinajstić information content (AvgIpc) is 2.59. The minimum Gasteiger partial charge on any atom is -0.481 e. The minimum absolute atomic E-state index is 0.359. The smallest absolute Gasteiger partial charge is 0.307 e. The highest BCUT2D eigenvalue weighted by molar-refractivity contribution is 6.01. The van der Waals surface area contributed by atoms with E-state index in [0.29, 0.717) is 18.5 Å². The molecule has 0 radical (unpaired) electrons. The van der Waals surface area contributed by atoms with Gasteiger partial charge in [0, 0.05) is 5.69 Å². The molecule has 0 unspecified atom stereocenters. The van der Waals surface area contributed by atoms with Crippen LogP contribution in [0.2, 0.25) is 0 Å². The molecule has 1 aliphatic rings. The third-order valence-electron chi connectivity index (χ3n) is 4.16. The molecule has 1 aliphatic carbocycles. The lowest BCUT2D eigenvalue weighted by molar-refractivity contribution is -0.148. The zero-order valence-electron chi connectivity index (χ0n) is 12.6. The number of carbonyl (C=O) groups is 3. The highest BCUT2D eigenvalue weighted by atomic mass is 16.5. The maximum absolute atomic E-state index is 12.9. The monoisotopic (exact) mass is 320 g/mol. The lowest BCUT2D eigenvalue weighted by atomic mass is 9.78. The first-order valence-electron chi connectivity index (χ1n) is 7.56. The van der Waals surface area contributed by atoms with Crippen LogP contribution in [0.15, 0.2) is 30.3 Å². The first-order chi connectivity index (χ1) is 11.0. The molecule has 0 bridgehead atoms. The largest absolute Gasteiger partial charge is 0.481 e. The van der Waals surface area contributed by atoms with Crippen LogP contribution in [0.3, 0.4) is 0 Å². The molecule has 7 heteroatoms. The van der Waals surface area contributed by atoms with Gasteiger partial charge in [0.15, 0.2) is 0 Å². The van der Waals surface area contributed by atoms with Gasteiger partial charge in [-0.15, -0.1) is 0 Å². The van der Waals surface area contributed by atoms with Gasteiger partial charge in [-0.3, -0.25) is 19.6 Å². The maximum atomic E-state index is 12.9. The fourth-order valence-corrected chi connectivity index (χ4v) is 3.01. The van der Waals surface area contributed by atoms with E-state index >= 15 is 0 Å². The topological polar surface area (TPSA) is 107 Å². The van der Waals surface area contributed by atoms with Crippen LogP contribution in [0, 0.1) is 11.8 Å². The second-order valence-corrected chi connectivity index (χ2v) is 5.63. The second-order valence-electron chi connectivity index (χ2n) is 5.63. The molecule has 2 rings (SSSR count). The minimum atomic E-state index is -0.984. The molecule has 23 heavy (non-hydrogen) atoms. The van der Waals surface area contributed by atoms with Gasteiger partial charge in [0.2, 0.25) is 5.91 Å². The number of carboxylic acids is 1. The van der Waals surface area contributed by atoms with E-state index in [-0.39, 0.29) is 6.54 Å². The van der Waals surface area contributed by atoms with Crippen molar-refractivity contribution in [3.05, 3.63) is 30.3 Å². The second kappa shape index (κ2) is 7.73. The van der Waals surface area contributed by atoms with Crippen molar-refractivity contribution >= 4 is 23.5 Å². The fourth-order valence-electron chi connectivity index (χ4n) is 3.01. The summed E-state index contributed by atoms with van der Waals surface area (Å²) in [6.45, 7) is -0.359. The van der Waals surface area contributed by atoms with Crippen LogP contribution in [0.4, 0.5) is 5.69 Å². The van der Waals surface area contributed by atoms with Gasteiger partial charge in [0.05, 0.1) is 11.8 Å². The summed E-state index contributed by atoms with van der Waals surface area (Å²) in [6, 6.07) is 8.56. The Labute approximate surface area is 133 Å². The summed E-state index contributed by atoms with van der Waals surface area (Å²) < 4.78 is 0. The number of carboxylic acid groups (broad SMARTS) is 1. The highest BCUT2D eigenvalue weighted by Gasteiger charge is 2.38. The van der Waals surface area contributed by atoms with E-state index in [0.717, 1.165) is 12.8 Å². The lowest BCUT2D eigenvalue weighted by Gasteiger charge is -2.32. The Morgan fingerprint density at radius 2 is 1.70 bits per heavy atom. The third-order valence-corrected chi connectivity index (χ3v) is 4.16. The molecule has 1 fully saturated rings. The van der Waals surface area contributed by atoms with Crippen LogP contribution in [0.5, 0.6) is 0 Å². The van der Waals surface area contributed by atoms with E-state index < -0.39 is 29.6 Å². The van der Waals surface area contributed by atoms with E-state index in [2.05, 4.69) is 0 Å². The first kappa shape index (κ1) is 17.0. The Morgan fingerprint density at radius 1 is 1.09 bits per heavy atom. The fraction of sp³-hybridized carbons (Fsp3) is 0.438. The summed E-state index contributed by atoms with van der Waals surface area (Å²) in [5, 5.41) is 18.1. The number of carbonyl (C=O) groups excluding carboxylic acids is 2. The van der Waals surface area contributed by atoms with Gasteiger partial charge in [0.1, 0.15) is 6.54 Å². The Morgan fingerprint density at radius 3 is 2.26 bits per heavy atom. The van der Waals surface area contributed by atoms with Gasteiger partial charge in [-0.05, 0) is 25.0 Å². The number of aliphatic carboxylic acids is 1. The molecule has 124 valence electrons. The Balaban J connectivity index is 2.28. The molecule has 1 saturated carbocycles. The van der Waals surface area contributed by atoms with Crippen molar-refractivity contribution in [2.75, 3.05) is 11.4 Å². The standard InChI is InChI=1S/C16H20N2O5/c19-14(17-23)10-18(11-6-2-1-3-7-11)15(20)12-8-4-5-9-13(12)16(21)22/h1-3,6-7,12-13,23H,4-5,8-10H2,(H,17,19)(H,21,22)/t12-,13-/m1/s1. The summed E-state index contributed by atoms with van der Waals surface area (Å²) in [6.07, 6.45) is 2.51. The molecular weight excluding hydrogens is 300 g/mol. The molecule has 7 nitrogen and oxygen atoms in total. The number of anilines is 1. The van der Waals surface area contributed by atoms with E-state index in [4.69, 9.17) is 5.21 Å². The number of hydrogen-bond donors (Lipinski definition) is 3. The van der Waals surface area contributed by atoms with E-state index in [9.17, 15) is 19.5 Å². The molecule has 0 saturated heterocycles. The van der Waals surface area contributed by atoms with Gasteiger partial charge < -0.3 is 10.0 Å². The molecular formula is C16H20N2O5. The summed E-state index contributed by atoms with van der Waals surface area (Å²) in [5.41, 5.74) is 2.00. The normalized spacial score (nSPS) is 20.6. The molecule has 2 atom stereocenters. The third kappa shape index (κ3) is 4.07. The van der Waals surface area contributed by atoms with Crippen molar-refractivity contribution < 1.29 is 24.7 Å². The number of nitrogens with zero attached hydrogens (tertiary/aromatic N) is 1. The number of benzene rings is 1. The number of hydroxylamine groups is 1. The molecule has 1 aromatic rings. The number of rotatable bonds is 5. The van der Waals surface area contributed by atoms with Crippen LogP contribution >= 0.6 is 0 Å². The van der Waals surface area contributed by atoms with Crippen molar-refractivity contribution in [2.45, 2.75) is 25.7 Å². The van der Waals surface area contributed by atoms with Crippen LogP contribution in [0.1, 0.15) is 25.7 Å². The van der Waals surface area contributed by atoms with Crippen LogP contribution in [-0.2, 0) is 14.4 Å². The van der Waals surface area contributed by atoms with E-state index in [1.807, 2.05) is 0 Å². The maximum Gasteiger partial charge on any atom is 0.307 e. The quantitative estimate of drug-likeness (QED) is 0.562. The van der Waals surface area contributed by atoms with Gasteiger partial charge >= 0.3 is 5.97 Å². The molecule has 3 N–H and O–H groups in total. The Hall–Kier alpha value is -2.41. The van der Waals surface area contributed by atoms with Crippen LogP contribution in [-0.4, -0.2) is 34.6 Å². The van der Waals surface area contributed by atoms with Gasteiger partial charge in [0.25, 0.3) is 5.91 Å². The van der Waals surface area contributed by atoms with Crippen LogP contribution in [0.25, 0.3) is 0 Å². The molecule has 0 heterocycles. The van der Waals surface area contributed by atoms with Crippen LogP contribution < -0.4 is 10.4 Å². The van der Waals surface area contributed by atoms with Crippen molar-refractivity contribution in [1.82, 2.24) is 5.48 Å². The van der Waals surface area contributed by atoms with Crippen molar-refractivity contribution in [3.63, 3.8) is 0 Å². The number of nitrogens with one attached hydrogen (secondary N) is 1. The van der Waals surface area contributed by atoms with Crippen molar-refractivity contribution in [1.29, 1.82) is 0 Å². The molecule has 0 spiro atoms. The summed E-state index contributed by atoms with van der Waals surface area (Å²) >= 11 is 0. The average molecular weight is 320 g/mol. The summed E-state index contributed by atoms with van der Waals surface area (Å²) in [4.78, 5) is 37.0. The first-order valence-corrected chi connectivity index (χ1v) is 7.56.